The number of ether oxygens (including phenoxy) is 1. The number of aryl methyl sites for hydroxylation is 2. The van der Waals surface area contributed by atoms with E-state index in [2.05, 4.69) is 40.8 Å². The van der Waals surface area contributed by atoms with Crippen molar-refractivity contribution in [2.45, 2.75) is 26.7 Å². The normalized spacial score (nSPS) is 14.7. The second-order valence-electron chi connectivity index (χ2n) is 8.77. The van der Waals surface area contributed by atoms with Crippen LogP contribution in [-0.2, 0) is 11.2 Å². The van der Waals surface area contributed by atoms with Crippen LogP contribution in [0.4, 0.5) is 10.3 Å². The van der Waals surface area contributed by atoms with Crippen LogP contribution in [0.5, 0.6) is 0 Å². The number of rotatable bonds is 8. The molecule has 1 aliphatic rings. The lowest BCUT2D eigenvalue weighted by atomic mass is 10.1. The predicted octanol–water partition coefficient (Wildman–Crippen LogP) is 2.91. The van der Waals surface area contributed by atoms with E-state index in [1.807, 2.05) is 26.1 Å². The van der Waals surface area contributed by atoms with Crippen LogP contribution >= 0.6 is 12.2 Å². The van der Waals surface area contributed by atoms with E-state index < -0.39 is 0 Å². The molecule has 36 heavy (non-hydrogen) atoms. The summed E-state index contributed by atoms with van der Waals surface area (Å²) in [6.45, 7) is 9.59. The quantitative estimate of drug-likeness (QED) is 0.158. The Labute approximate surface area is 215 Å². The zero-order valence-corrected chi connectivity index (χ0v) is 21.6. The highest BCUT2D eigenvalue weighted by molar-refractivity contribution is 7.80. The number of aromatic amines is 1. The molecule has 1 saturated heterocycles. The third-order valence-corrected chi connectivity index (χ3v) is 6.11. The van der Waals surface area contributed by atoms with Crippen LogP contribution in [0.2, 0.25) is 0 Å². The average molecular weight is 513 g/mol. The Morgan fingerprint density at radius 1 is 1.19 bits per heavy atom. The zero-order chi connectivity index (χ0) is 25.3. The summed E-state index contributed by atoms with van der Waals surface area (Å²) in [5.41, 5.74) is 3.61. The Kier molecular flexibility index (Phi) is 9.15. The number of hydrogen-bond donors (Lipinski definition) is 4. The minimum atomic E-state index is -0.257. The number of guanidine groups is 1. The first-order chi connectivity index (χ1) is 17.5. The molecular formula is C25H33FN8OS. The molecule has 0 aliphatic carbocycles. The number of hydrogen-bond acceptors (Lipinski definition) is 6. The third-order valence-electron chi connectivity index (χ3n) is 5.87. The monoisotopic (exact) mass is 512 g/mol. The molecule has 0 saturated carbocycles. The fraction of sp³-hybridized carbons (Fsp3) is 0.440. The van der Waals surface area contributed by atoms with E-state index >= 15 is 0 Å². The van der Waals surface area contributed by atoms with Gasteiger partial charge in [-0.15, -0.1) is 0 Å². The van der Waals surface area contributed by atoms with Crippen molar-refractivity contribution in [3.8, 4) is 0 Å². The molecule has 0 amide bonds. The molecule has 0 spiro atoms. The SMILES string of the molecule is Cc1cc(C)nc(NC(=NCCc2c[nH]c3ccc(F)cc23)NC(=S)NCCCN2CCOCC2)n1. The molecule has 0 unspecified atom stereocenters. The summed E-state index contributed by atoms with van der Waals surface area (Å²) in [4.78, 5) is 19.2. The van der Waals surface area contributed by atoms with Crippen molar-refractivity contribution in [3.63, 3.8) is 0 Å². The zero-order valence-electron chi connectivity index (χ0n) is 20.7. The van der Waals surface area contributed by atoms with Crippen molar-refractivity contribution in [3.05, 3.63) is 53.2 Å². The van der Waals surface area contributed by atoms with Gasteiger partial charge in [0, 0.05) is 54.7 Å². The summed E-state index contributed by atoms with van der Waals surface area (Å²) in [5, 5.41) is 10.9. The van der Waals surface area contributed by atoms with Gasteiger partial charge in [-0.1, -0.05) is 0 Å². The number of nitrogens with zero attached hydrogens (tertiary/aromatic N) is 4. The van der Waals surface area contributed by atoms with Crippen molar-refractivity contribution >= 4 is 40.1 Å². The van der Waals surface area contributed by atoms with Gasteiger partial charge < -0.3 is 20.4 Å². The Bertz CT molecular complexity index is 1190. The number of morpholine rings is 1. The number of nitrogens with one attached hydrogen (secondary N) is 4. The maximum atomic E-state index is 13.7. The van der Waals surface area contributed by atoms with E-state index in [1.54, 1.807) is 12.1 Å². The topological polar surface area (TPSA) is 102 Å². The van der Waals surface area contributed by atoms with E-state index in [9.17, 15) is 4.39 Å². The molecule has 0 bridgehead atoms. The van der Waals surface area contributed by atoms with Crippen LogP contribution in [0.25, 0.3) is 10.9 Å². The van der Waals surface area contributed by atoms with Crippen molar-refractivity contribution < 1.29 is 9.13 Å². The number of H-pyrrole nitrogens is 1. The minimum Gasteiger partial charge on any atom is -0.379 e. The Morgan fingerprint density at radius 2 is 1.97 bits per heavy atom. The summed E-state index contributed by atoms with van der Waals surface area (Å²) in [6.07, 6.45) is 3.50. The van der Waals surface area contributed by atoms with Crippen LogP contribution in [0.15, 0.2) is 35.5 Å². The number of fused-ring (bicyclic) bond motifs is 1. The van der Waals surface area contributed by atoms with E-state index in [1.165, 1.54) is 6.07 Å². The van der Waals surface area contributed by atoms with Crippen LogP contribution in [0, 0.1) is 19.7 Å². The van der Waals surface area contributed by atoms with Gasteiger partial charge in [-0.05, 0) is 75.3 Å². The molecule has 1 fully saturated rings. The lowest BCUT2D eigenvalue weighted by molar-refractivity contribution is 0.0376. The summed E-state index contributed by atoms with van der Waals surface area (Å²) < 4.78 is 19.1. The van der Waals surface area contributed by atoms with Crippen molar-refractivity contribution in [2.75, 3.05) is 51.3 Å². The molecule has 192 valence electrons. The predicted molar refractivity (Wildman–Crippen MR) is 145 cm³/mol. The first-order valence-electron chi connectivity index (χ1n) is 12.2. The Balaban J connectivity index is 1.36. The lowest BCUT2D eigenvalue weighted by Crippen LogP contribution is -2.44. The van der Waals surface area contributed by atoms with E-state index in [-0.39, 0.29) is 5.82 Å². The van der Waals surface area contributed by atoms with Crippen LogP contribution in [0.3, 0.4) is 0 Å². The third kappa shape index (κ3) is 7.67. The second kappa shape index (κ2) is 12.7. The van der Waals surface area contributed by atoms with Crippen LogP contribution in [0.1, 0.15) is 23.4 Å². The fourth-order valence-corrected chi connectivity index (χ4v) is 4.32. The molecule has 4 N–H and O–H groups in total. The van der Waals surface area contributed by atoms with Crippen molar-refractivity contribution in [2.24, 2.45) is 4.99 Å². The van der Waals surface area contributed by atoms with E-state index in [0.29, 0.717) is 30.0 Å². The molecule has 2 aromatic heterocycles. The average Bonchev–Trinajstić information content (AvgIpc) is 3.24. The van der Waals surface area contributed by atoms with Gasteiger partial charge in [0.2, 0.25) is 11.9 Å². The Hall–Kier alpha value is -3.15. The Morgan fingerprint density at radius 3 is 2.75 bits per heavy atom. The number of benzene rings is 1. The van der Waals surface area contributed by atoms with Gasteiger partial charge >= 0.3 is 0 Å². The molecule has 0 radical (unpaired) electrons. The standard InChI is InChI=1S/C25H33FN8OS/c1-17-14-18(2)31-24(30-17)32-23(33-25(36)28-7-3-9-34-10-12-35-13-11-34)27-8-6-19-16-29-22-5-4-20(26)15-21(19)22/h4-5,14-16,29H,3,6-13H2,1-2H3,(H3,27,28,30,31,32,33,36). The van der Waals surface area contributed by atoms with Crippen LogP contribution < -0.4 is 16.0 Å². The highest BCUT2D eigenvalue weighted by Gasteiger charge is 2.11. The van der Waals surface area contributed by atoms with Gasteiger partial charge in [-0.3, -0.25) is 15.2 Å². The number of halogens is 1. The molecule has 1 aliphatic heterocycles. The number of thiocarbonyl (C=S) groups is 1. The van der Waals surface area contributed by atoms with Crippen molar-refractivity contribution in [1.82, 2.24) is 30.5 Å². The number of aliphatic imine (C=N–C) groups is 1. The molecule has 3 aromatic rings. The number of aromatic nitrogens is 3. The second-order valence-corrected chi connectivity index (χ2v) is 9.18. The van der Waals surface area contributed by atoms with Gasteiger partial charge in [-0.2, -0.15) is 0 Å². The maximum absolute atomic E-state index is 13.7. The summed E-state index contributed by atoms with van der Waals surface area (Å²) in [7, 11) is 0. The molecular weight excluding hydrogens is 479 g/mol. The first-order valence-corrected chi connectivity index (χ1v) is 12.6. The van der Waals surface area contributed by atoms with E-state index in [4.69, 9.17) is 17.0 Å². The van der Waals surface area contributed by atoms with Gasteiger partial charge in [0.05, 0.1) is 13.2 Å². The van der Waals surface area contributed by atoms with Gasteiger partial charge in [-0.25, -0.2) is 14.4 Å². The molecule has 11 heteroatoms. The smallest absolute Gasteiger partial charge is 0.229 e. The largest absolute Gasteiger partial charge is 0.379 e. The molecule has 3 heterocycles. The maximum Gasteiger partial charge on any atom is 0.229 e. The minimum absolute atomic E-state index is 0.257. The van der Waals surface area contributed by atoms with Crippen molar-refractivity contribution in [1.29, 1.82) is 0 Å². The van der Waals surface area contributed by atoms with E-state index in [0.717, 1.165) is 73.7 Å². The van der Waals surface area contributed by atoms with Gasteiger partial charge in [0.15, 0.2) is 5.11 Å². The fourth-order valence-electron chi connectivity index (χ4n) is 4.12. The van der Waals surface area contributed by atoms with Gasteiger partial charge in [0.25, 0.3) is 0 Å². The van der Waals surface area contributed by atoms with Gasteiger partial charge in [0.1, 0.15) is 5.82 Å². The molecule has 0 atom stereocenters. The molecule has 1 aromatic carbocycles. The molecule has 4 rings (SSSR count). The highest BCUT2D eigenvalue weighted by atomic mass is 32.1. The summed E-state index contributed by atoms with van der Waals surface area (Å²) >= 11 is 5.51. The summed E-state index contributed by atoms with van der Waals surface area (Å²) in [6, 6.07) is 6.64. The molecule has 9 nitrogen and oxygen atoms in total. The van der Waals surface area contributed by atoms with Crippen LogP contribution in [-0.4, -0.2) is 76.9 Å². The highest BCUT2D eigenvalue weighted by Crippen LogP contribution is 2.19. The lowest BCUT2D eigenvalue weighted by Gasteiger charge is -2.26. The summed E-state index contributed by atoms with van der Waals surface area (Å²) in [5.74, 6) is 0.646. The first kappa shape index (κ1) is 25.9. The number of anilines is 1.